The van der Waals surface area contributed by atoms with E-state index in [-0.39, 0.29) is 35.9 Å². The van der Waals surface area contributed by atoms with Gasteiger partial charge in [0.25, 0.3) is 0 Å². The Bertz CT molecular complexity index is 483. The number of nitrogens with one attached hydrogen (secondary N) is 3. The fraction of sp³-hybridized carbons (Fsp3) is 0.529. The number of benzene rings is 1. The van der Waals surface area contributed by atoms with Gasteiger partial charge in [0.05, 0.1) is 13.2 Å². The van der Waals surface area contributed by atoms with Crippen LogP contribution >= 0.6 is 24.0 Å². The van der Waals surface area contributed by atoms with E-state index in [2.05, 4.69) is 20.9 Å². The molecule has 6 nitrogen and oxygen atoms in total. The molecule has 7 heteroatoms. The third-order valence-corrected chi connectivity index (χ3v) is 3.09. The van der Waals surface area contributed by atoms with Gasteiger partial charge < -0.3 is 20.7 Å². The molecule has 1 unspecified atom stereocenters. The quantitative estimate of drug-likeness (QED) is 0.307. The van der Waals surface area contributed by atoms with Crippen LogP contribution in [0.25, 0.3) is 0 Å². The van der Waals surface area contributed by atoms with Crippen molar-refractivity contribution in [3.63, 3.8) is 0 Å². The van der Waals surface area contributed by atoms with Crippen LogP contribution in [0.1, 0.15) is 25.8 Å². The van der Waals surface area contributed by atoms with Gasteiger partial charge in [-0.2, -0.15) is 0 Å². The number of aliphatic imine (C=N–C) groups is 1. The van der Waals surface area contributed by atoms with Crippen molar-refractivity contribution >= 4 is 35.8 Å². The fourth-order valence-corrected chi connectivity index (χ4v) is 2.00. The molecule has 0 aliphatic carbocycles. The van der Waals surface area contributed by atoms with E-state index in [4.69, 9.17) is 4.74 Å². The predicted molar refractivity (Wildman–Crippen MR) is 109 cm³/mol. The van der Waals surface area contributed by atoms with Crippen LogP contribution in [0, 0.1) is 0 Å². The Morgan fingerprint density at radius 2 is 1.96 bits per heavy atom. The molecule has 0 aliphatic heterocycles. The van der Waals surface area contributed by atoms with E-state index in [1.807, 2.05) is 44.2 Å². The highest BCUT2D eigenvalue weighted by Crippen LogP contribution is 1.97. The van der Waals surface area contributed by atoms with Crippen molar-refractivity contribution in [2.24, 2.45) is 4.99 Å². The monoisotopic (exact) mass is 448 g/mol. The molecular weight excluding hydrogens is 419 g/mol. The molecule has 1 atom stereocenters. The Morgan fingerprint density at radius 1 is 1.25 bits per heavy atom. The summed E-state index contributed by atoms with van der Waals surface area (Å²) in [5.41, 5.74) is 1.09. The molecule has 0 fully saturated rings. The van der Waals surface area contributed by atoms with Gasteiger partial charge in [-0.25, -0.2) is 0 Å². The van der Waals surface area contributed by atoms with Gasteiger partial charge in [-0.05, 0) is 19.4 Å². The Hall–Kier alpha value is -1.35. The van der Waals surface area contributed by atoms with Crippen LogP contribution in [0.3, 0.4) is 0 Å². The first kappa shape index (κ1) is 22.6. The van der Waals surface area contributed by atoms with Crippen molar-refractivity contribution in [1.82, 2.24) is 16.0 Å². The molecule has 24 heavy (non-hydrogen) atoms. The minimum Gasteiger partial charge on any atom is -0.383 e. The fourth-order valence-electron chi connectivity index (χ4n) is 2.00. The van der Waals surface area contributed by atoms with E-state index >= 15 is 0 Å². The molecule has 0 radical (unpaired) electrons. The molecule has 0 saturated carbocycles. The summed E-state index contributed by atoms with van der Waals surface area (Å²) in [7, 11) is 1.67. The van der Waals surface area contributed by atoms with Gasteiger partial charge in [-0.15, -0.1) is 24.0 Å². The number of nitrogens with zero attached hydrogens (tertiary/aromatic N) is 1. The summed E-state index contributed by atoms with van der Waals surface area (Å²) in [4.78, 5) is 16.2. The molecule has 0 spiro atoms. The van der Waals surface area contributed by atoms with Gasteiger partial charge >= 0.3 is 0 Å². The van der Waals surface area contributed by atoms with Crippen molar-refractivity contribution in [2.45, 2.75) is 32.9 Å². The average Bonchev–Trinajstić information content (AvgIpc) is 2.54. The zero-order chi connectivity index (χ0) is 16.9. The van der Waals surface area contributed by atoms with Gasteiger partial charge in [-0.1, -0.05) is 30.3 Å². The first-order valence-corrected chi connectivity index (χ1v) is 8.00. The van der Waals surface area contributed by atoms with E-state index in [1.54, 1.807) is 7.11 Å². The smallest absolute Gasteiger partial charge is 0.222 e. The Labute approximate surface area is 161 Å². The second kappa shape index (κ2) is 14.0. The summed E-state index contributed by atoms with van der Waals surface area (Å²) in [6, 6.07) is 10.0. The summed E-state index contributed by atoms with van der Waals surface area (Å²) >= 11 is 0. The Balaban J connectivity index is 0.00000529. The Morgan fingerprint density at radius 3 is 2.58 bits per heavy atom. The number of hydrogen-bond acceptors (Lipinski definition) is 3. The summed E-state index contributed by atoms with van der Waals surface area (Å²) < 4.78 is 5.09. The molecule has 0 saturated heterocycles. The second-order valence-electron chi connectivity index (χ2n) is 5.27. The van der Waals surface area contributed by atoms with Crippen molar-refractivity contribution in [3.05, 3.63) is 35.9 Å². The summed E-state index contributed by atoms with van der Waals surface area (Å²) in [6.07, 6.45) is 0.363. The van der Waals surface area contributed by atoms with Crippen LogP contribution in [-0.2, 0) is 16.1 Å². The van der Waals surface area contributed by atoms with Crippen molar-refractivity contribution in [2.75, 3.05) is 26.8 Å². The highest BCUT2D eigenvalue weighted by molar-refractivity contribution is 14.0. The number of halogens is 1. The van der Waals surface area contributed by atoms with Gasteiger partial charge in [0.15, 0.2) is 5.96 Å². The molecule has 3 N–H and O–H groups in total. The molecule has 1 rings (SSSR count). The number of guanidine groups is 1. The van der Waals surface area contributed by atoms with Crippen LogP contribution in [0.4, 0.5) is 0 Å². The number of hydrogen-bond donors (Lipinski definition) is 3. The molecule has 1 aromatic rings. The predicted octanol–water partition coefficient (Wildman–Crippen LogP) is 1.90. The van der Waals surface area contributed by atoms with E-state index < -0.39 is 0 Å². The third kappa shape index (κ3) is 10.4. The number of methoxy groups -OCH3 is 1. The number of amides is 1. The first-order chi connectivity index (χ1) is 11.2. The summed E-state index contributed by atoms with van der Waals surface area (Å²) in [6.45, 7) is 6.38. The normalized spacial score (nSPS) is 12.0. The lowest BCUT2D eigenvalue weighted by molar-refractivity contribution is -0.121. The second-order valence-corrected chi connectivity index (χ2v) is 5.27. The minimum absolute atomic E-state index is 0. The maximum atomic E-state index is 11.8. The van der Waals surface area contributed by atoms with Crippen LogP contribution < -0.4 is 16.0 Å². The maximum Gasteiger partial charge on any atom is 0.222 e. The van der Waals surface area contributed by atoms with Crippen molar-refractivity contribution in [3.8, 4) is 0 Å². The molecule has 1 amide bonds. The van der Waals surface area contributed by atoms with Crippen LogP contribution in [0.5, 0.6) is 0 Å². The van der Waals surface area contributed by atoms with E-state index in [0.29, 0.717) is 32.1 Å². The largest absolute Gasteiger partial charge is 0.383 e. The van der Waals surface area contributed by atoms with E-state index in [0.717, 1.165) is 12.1 Å². The first-order valence-electron chi connectivity index (χ1n) is 8.00. The third-order valence-electron chi connectivity index (χ3n) is 3.09. The van der Waals surface area contributed by atoms with Crippen LogP contribution in [0.15, 0.2) is 35.3 Å². The molecule has 1 aromatic carbocycles. The maximum absolute atomic E-state index is 11.8. The standard InChI is InChI=1S/C17H28N4O2.HI/c1-4-18-17(21-14(2)13-23-3)19-11-10-16(22)20-12-15-8-6-5-7-9-15;/h5-9,14H,4,10-13H2,1-3H3,(H,20,22)(H2,18,19,21);1H. The average molecular weight is 448 g/mol. The topological polar surface area (TPSA) is 74.8 Å². The number of ether oxygens (including phenoxy) is 1. The van der Waals surface area contributed by atoms with Crippen molar-refractivity contribution in [1.29, 1.82) is 0 Å². The lowest BCUT2D eigenvalue weighted by Crippen LogP contribution is -2.44. The van der Waals surface area contributed by atoms with Gasteiger partial charge in [0, 0.05) is 32.7 Å². The van der Waals surface area contributed by atoms with Crippen molar-refractivity contribution < 1.29 is 9.53 Å². The van der Waals surface area contributed by atoms with Gasteiger partial charge in [0.1, 0.15) is 0 Å². The lowest BCUT2D eigenvalue weighted by atomic mass is 10.2. The molecule has 0 bridgehead atoms. The Kier molecular flexibility index (Phi) is 13.2. The summed E-state index contributed by atoms with van der Waals surface area (Å²) in [5.74, 6) is 0.700. The number of carbonyl (C=O) groups excluding carboxylic acids is 1. The van der Waals surface area contributed by atoms with E-state index in [9.17, 15) is 4.79 Å². The molecule has 0 heterocycles. The highest BCUT2D eigenvalue weighted by Gasteiger charge is 2.05. The molecular formula is C17H29IN4O2. The molecule has 0 aliphatic rings. The van der Waals surface area contributed by atoms with Gasteiger partial charge in [-0.3, -0.25) is 9.79 Å². The SMILES string of the molecule is CCNC(=NCCC(=O)NCc1ccccc1)NC(C)COC.I. The number of rotatable bonds is 9. The van der Waals surface area contributed by atoms with E-state index in [1.165, 1.54) is 0 Å². The van der Waals surface area contributed by atoms with Crippen LogP contribution in [0.2, 0.25) is 0 Å². The molecule has 0 aromatic heterocycles. The highest BCUT2D eigenvalue weighted by atomic mass is 127. The van der Waals surface area contributed by atoms with Gasteiger partial charge in [0.2, 0.25) is 5.91 Å². The molecule has 136 valence electrons. The summed E-state index contributed by atoms with van der Waals surface area (Å²) in [5, 5.41) is 9.28. The minimum atomic E-state index is -0.00149. The van der Waals surface area contributed by atoms with Crippen LogP contribution in [-0.4, -0.2) is 44.7 Å². The number of carbonyl (C=O) groups is 1. The zero-order valence-electron chi connectivity index (χ0n) is 14.7. The zero-order valence-corrected chi connectivity index (χ0v) is 17.0. The lowest BCUT2D eigenvalue weighted by Gasteiger charge is -2.16.